The van der Waals surface area contributed by atoms with Crippen molar-refractivity contribution in [2.45, 2.75) is 13.8 Å². The number of aryl methyl sites for hydroxylation is 1. The highest BCUT2D eigenvalue weighted by Crippen LogP contribution is 2.27. The number of benzene rings is 2. The summed E-state index contributed by atoms with van der Waals surface area (Å²) < 4.78 is 20.8. The van der Waals surface area contributed by atoms with Crippen LogP contribution >= 0.6 is 12.2 Å². The zero-order valence-electron chi connectivity index (χ0n) is 17.7. The fourth-order valence-electron chi connectivity index (χ4n) is 3.73. The molecular weight excluding hydrogens is 429 g/mol. The summed E-state index contributed by atoms with van der Waals surface area (Å²) in [5, 5.41) is 2.59. The maximum Gasteiger partial charge on any atom is 0.270 e. The number of nitrogens with zero attached hydrogens (tertiary/aromatic N) is 2. The number of carbonyl (C=O) groups is 2. The van der Waals surface area contributed by atoms with Crippen molar-refractivity contribution in [1.29, 1.82) is 0 Å². The zero-order chi connectivity index (χ0) is 23.0. The second-order valence-corrected chi connectivity index (χ2v) is 7.68. The number of hydrogen-bond acceptors (Lipinski definition) is 4. The summed E-state index contributed by atoms with van der Waals surface area (Å²) >= 11 is 5.24. The normalized spacial score (nSPS) is 15.3. The number of thiocarbonyl (C=S) groups is 1. The molecule has 1 fully saturated rings. The van der Waals surface area contributed by atoms with Crippen LogP contribution in [0.5, 0.6) is 5.75 Å². The Hall–Kier alpha value is -3.78. The van der Waals surface area contributed by atoms with E-state index in [1.54, 1.807) is 43.5 Å². The number of amides is 2. The number of halogens is 1. The van der Waals surface area contributed by atoms with E-state index >= 15 is 0 Å². The molecule has 0 saturated carbocycles. The predicted octanol–water partition coefficient (Wildman–Crippen LogP) is 4.07. The highest BCUT2D eigenvalue weighted by molar-refractivity contribution is 7.80. The Morgan fingerprint density at radius 2 is 1.75 bits per heavy atom. The van der Waals surface area contributed by atoms with Crippen molar-refractivity contribution in [3.8, 4) is 11.4 Å². The molecule has 1 saturated heterocycles. The van der Waals surface area contributed by atoms with Gasteiger partial charge in [0.2, 0.25) is 0 Å². The molecule has 0 aliphatic carbocycles. The SMILES string of the molecule is COc1ccc(N2C(=O)/C(=C/c3cc(C)n(-c4cccc(F)c4)c3C)C(=O)NC2=S)cc1. The molecule has 1 aliphatic heterocycles. The number of nitrogens with one attached hydrogen (secondary N) is 1. The van der Waals surface area contributed by atoms with Gasteiger partial charge in [-0.05, 0) is 86.2 Å². The lowest BCUT2D eigenvalue weighted by molar-refractivity contribution is -0.122. The Bertz CT molecular complexity index is 1280. The van der Waals surface area contributed by atoms with Gasteiger partial charge in [0.15, 0.2) is 5.11 Å². The van der Waals surface area contributed by atoms with Crippen LogP contribution in [0.4, 0.5) is 10.1 Å². The largest absolute Gasteiger partial charge is 0.497 e. The molecule has 0 bridgehead atoms. The number of hydrogen-bond donors (Lipinski definition) is 1. The summed E-state index contributed by atoms with van der Waals surface area (Å²) in [6.45, 7) is 3.73. The molecular formula is C24H20FN3O3S. The van der Waals surface area contributed by atoms with Gasteiger partial charge in [0.05, 0.1) is 12.8 Å². The Labute approximate surface area is 189 Å². The van der Waals surface area contributed by atoms with Crippen LogP contribution in [-0.2, 0) is 9.59 Å². The van der Waals surface area contributed by atoms with E-state index in [4.69, 9.17) is 17.0 Å². The van der Waals surface area contributed by atoms with E-state index < -0.39 is 11.8 Å². The van der Waals surface area contributed by atoms with Gasteiger partial charge in [-0.15, -0.1) is 0 Å². The molecule has 8 heteroatoms. The minimum Gasteiger partial charge on any atom is -0.497 e. The van der Waals surface area contributed by atoms with Gasteiger partial charge in [0, 0.05) is 17.1 Å². The second-order valence-electron chi connectivity index (χ2n) is 7.30. The molecule has 2 aromatic carbocycles. The summed E-state index contributed by atoms with van der Waals surface area (Å²) in [6.07, 6.45) is 1.54. The van der Waals surface area contributed by atoms with E-state index in [1.165, 1.54) is 23.1 Å². The third-order valence-corrected chi connectivity index (χ3v) is 5.55. The van der Waals surface area contributed by atoms with Crippen LogP contribution in [0.15, 0.2) is 60.2 Å². The van der Waals surface area contributed by atoms with Crippen molar-refractivity contribution in [2.24, 2.45) is 0 Å². The molecule has 0 spiro atoms. The Kier molecular flexibility index (Phi) is 5.63. The van der Waals surface area contributed by atoms with Crippen LogP contribution < -0.4 is 15.0 Å². The lowest BCUT2D eigenvalue weighted by atomic mass is 10.1. The van der Waals surface area contributed by atoms with E-state index in [9.17, 15) is 14.0 Å². The minimum atomic E-state index is -0.569. The minimum absolute atomic E-state index is 0.00699. The van der Waals surface area contributed by atoms with E-state index in [0.717, 1.165) is 11.4 Å². The van der Waals surface area contributed by atoms with Crippen LogP contribution in [0.25, 0.3) is 11.8 Å². The number of carbonyl (C=O) groups excluding carboxylic acids is 2. The molecule has 0 atom stereocenters. The summed E-state index contributed by atoms with van der Waals surface area (Å²) in [4.78, 5) is 27.1. The summed E-state index contributed by atoms with van der Waals surface area (Å²) in [7, 11) is 1.55. The Morgan fingerprint density at radius 1 is 1.03 bits per heavy atom. The van der Waals surface area contributed by atoms with Gasteiger partial charge in [0.25, 0.3) is 11.8 Å². The average molecular weight is 450 g/mol. The zero-order valence-corrected chi connectivity index (χ0v) is 18.5. The molecule has 0 radical (unpaired) electrons. The molecule has 2 heterocycles. The fourth-order valence-corrected chi connectivity index (χ4v) is 4.01. The predicted molar refractivity (Wildman–Crippen MR) is 124 cm³/mol. The van der Waals surface area contributed by atoms with Gasteiger partial charge < -0.3 is 9.30 Å². The Balaban J connectivity index is 1.74. The topological polar surface area (TPSA) is 63.6 Å². The highest BCUT2D eigenvalue weighted by atomic mass is 32.1. The molecule has 4 rings (SSSR count). The first kappa shape index (κ1) is 21.5. The first-order valence-electron chi connectivity index (χ1n) is 9.80. The quantitative estimate of drug-likeness (QED) is 0.371. The standard InChI is InChI=1S/C24H20FN3O3S/c1-14-11-16(15(2)27(14)19-6-4-5-17(25)13-19)12-21-22(29)26-24(32)28(23(21)30)18-7-9-20(31-3)10-8-18/h4-13H,1-3H3,(H,26,29,32)/b21-12+. The van der Waals surface area contributed by atoms with Crippen LogP contribution in [0.1, 0.15) is 17.0 Å². The molecule has 1 N–H and O–H groups in total. The summed E-state index contributed by atoms with van der Waals surface area (Å²) in [6, 6.07) is 14.9. The lowest BCUT2D eigenvalue weighted by Gasteiger charge is -2.29. The molecule has 0 unspecified atom stereocenters. The van der Waals surface area contributed by atoms with E-state index in [0.29, 0.717) is 22.7 Å². The van der Waals surface area contributed by atoms with E-state index in [1.807, 2.05) is 24.5 Å². The maximum atomic E-state index is 13.7. The van der Waals surface area contributed by atoms with Crippen LogP contribution in [0.2, 0.25) is 0 Å². The number of rotatable bonds is 4. The monoisotopic (exact) mass is 449 g/mol. The average Bonchev–Trinajstić information content (AvgIpc) is 3.04. The first-order valence-corrected chi connectivity index (χ1v) is 10.2. The number of methoxy groups -OCH3 is 1. The highest BCUT2D eigenvalue weighted by Gasteiger charge is 2.34. The van der Waals surface area contributed by atoms with Crippen molar-refractivity contribution in [3.05, 3.63) is 82.9 Å². The van der Waals surface area contributed by atoms with Crippen LogP contribution in [0, 0.1) is 19.7 Å². The molecule has 1 aromatic heterocycles. The van der Waals surface area contributed by atoms with Gasteiger partial charge in [-0.3, -0.25) is 19.8 Å². The van der Waals surface area contributed by atoms with Crippen molar-refractivity contribution < 1.29 is 18.7 Å². The van der Waals surface area contributed by atoms with Gasteiger partial charge in [0.1, 0.15) is 17.1 Å². The third kappa shape index (κ3) is 3.80. The van der Waals surface area contributed by atoms with E-state index in [2.05, 4.69) is 5.32 Å². The summed E-state index contributed by atoms with van der Waals surface area (Å²) in [5.74, 6) is -0.811. The molecule has 32 heavy (non-hydrogen) atoms. The van der Waals surface area contributed by atoms with Crippen molar-refractivity contribution in [3.63, 3.8) is 0 Å². The molecule has 2 amide bonds. The molecule has 162 valence electrons. The smallest absolute Gasteiger partial charge is 0.270 e. The van der Waals surface area contributed by atoms with Gasteiger partial charge in [-0.1, -0.05) is 6.07 Å². The molecule has 6 nitrogen and oxygen atoms in total. The van der Waals surface area contributed by atoms with Crippen LogP contribution in [0.3, 0.4) is 0 Å². The Morgan fingerprint density at radius 3 is 2.41 bits per heavy atom. The maximum absolute atomic E-state index is 13.7. The molecule has 3 aromatic rings. The summed E-state index contributed by atoms with van der Waals surface area (Å²) in [5.41, 5.74) is 3.40. The number of anilines is 1. The third-order valence-electron chi connectivity index (χ3n) is 5.27. The van der Waals surface area contributed by atoms with E-state index in [-0.39, 0.29) is 16.5 Å². The second kappa shape index (κ2) is 8.39. The van der Waals surface area contributed by atoms with Gasteiger partial charge in [-0.25, -0.2) is 4.39 Å². The number of ether oxygens (including phenoxy) is 1. The first-order chi connectivity index (χ1) is 15.3. The number of aromatic nitrogens is 1. The fraction of sp³-hybridized carbons (Fsp3) is 0.125. The van der Waals surface area contributed by atoms with Crippen molar-refractivity contribution in [1.82, 2.24) is 9.88 Å². The van der Waals surface area contributed by atoms with Crippen molar-refractivity contribution in [2.75, 3.05) is 12.0 Å². The van der Waals surface area contributed by atoms with Crippen molar-refractivity contribution >= 4 is 40.9 Å². The lowest BCUT2D eigenvalue weighted by Crippen LogP contribution is -2.54. The van der Waals surface area contributed by atoms with Gasteiger partial charge >= 0.3 is 0 Å². The molecule has 1 aliphatic rings. The van der Waals surface area contributed by atoms with Crippen LogP contribution in [-0.4, -0.2) is 28.6 Å². The van der Waals surface area contributed by atoms with Gasteiger partial charge in [-0.2, -0.15) is 0 Å².